The van der Waals surface area contributed by atoms with Crippen molar-refractivity contribution in [2.75, 3.05) is 24.6 Å². The Balaban J connectivity index is 0.00000192. The molecule has 1 aliphatic carbocycles. The van der Waals surface area contributed by atoms with Crippen LogP contribution in [0.15, 0.2) is 24.3 Å². The molecule has 0 unspecified atom stereocenters. The Hall–Kier alpha value is -2.29. The van der Waals surface area contributed by atoms with Crippen molar-refractivity contribution in [3.8, 4) is 6.07 Å². The second-order valence-corrected chi connectivity index (χ2v) is 8.34. The Kier molecular flexibility index (Phi) is 4.73. The third-order valence-corrected chi connectivity index (χ3v) is 6.55. The molecule has 1 N–H and O–H groups in total. The minimum absolute atomic E-state index is 0. The number of nitriles is 1. The molecule has 1 aromatic carbocycles. The second-order valence-electron chi connectivity index (χ2n) is 8.34. The zero-order chi connectivity index (χ0) is 18.6. The molecule has 5 rings (SSSR count). The minimum atomic E-state index is 0. The minimum Gasteiger partial charge on any atom is -0.396 e. The van der Waals surface area contributed by atoms with Gasteiger partial charge in [0.1, 0.15) is 11.9 Å². The van der Waals surface area contributed by atoms with Crippen molar-refractivity contribution in [2.45, 2.75) is 39.0 Å². The molecule has 0 radical (unpaired) electrons. The van der Waals surface area contributed by atoms with E-state index >= 15 is 0 Å². The summed E-state index contributed by atoms with van der Waals surface area (Å²) in [5.41, 5.74) is 6.10. The van der Waals surface area contributed by atoms with E-state index in [9.17, 15) is 10.4 Å². The van der Waals surface area contributed by atoms with E-state index in [1.165, 1.54) is 16.9 Å². The van der Waals surface area contributed by atoms with Crippen molar-refractivity contribution in [1.82, 2.24) is 9.38 Å². The number of hydrogen-bond acceptors (Lipinski definition) is 4. The van der Waals surface area contributed by atoms with Crippen molar-refractivity contribution in [3.63, 3.8) is 0 Å². The third-order valence-electron chi connectivity index (χ3n) is 6.55. The number of nitrogens with zero attached hydrogens (tertiary/aromatic N) is 4. The van der Waals surface area contributed by atoms with E-state index in [-0.39, 0.29) is 24.4 Å². The zero-order valence-electron chi connectivity index (χ0n) is 16.1. The fourth-order valence-electron chi connectivity index (χ4n) is 4.81. The average molecular weight is 397 g/mol. The van der Waals surface area contributed by atoms with Gasteiger partial charge in [-0.1, -0.05) is 19.1 Å². The van der Waals surface area contributed by atoms with Crippen LogP contribution in [0.3, 0.4) is 0 Å². The largest absolute Gasteiger partial charge is 0.396 e. The van der Waals surface area contributed by atoms with E-state index in [1.54, 1.807) is 0 Å². The molecule has 3 aromatic rings. The van der Waals surface area contributed by atoms with Crippen LogP contribution in [0.25, 0.3) is 16.7 Å². The number of fused-ring (bicyclic) bond motifs is 4. The number of anilines is 1. The van der Waals surface area contributed by atoms with Gasteiger partial charge in [0.05, 0.1) is 16.6 Å². The molecule has 2 aliphatic rings. The summed E-state index contributed by atoms with van der Waals surface area (Å²) in [6, 6.07) is 10.6. The Morgan fingerprint density at radius 2 is 1.89 bits per heavy atom. The standard InChI is InChI=1S/C22H24N4O.ClH/c1-22(14-27)9-11-25(12-10-22)21-16-6-4-5-15(16)17(13-23)20-24-18-7-2-3-8-19(18)26(20)21;/h2-3,7-8,27H,4-6,9-12,14H2,1H3;1H. The van der Waals surface area contributed by atoms with Crippen molar-refractivity contribution < 1.29 is 5.11 Å². The molecule has 3 heterocycles. The van der Waals surface area contributed by atoms with Gasteiger partial charge in [-0.05, 0) is 60.8 Å². The van der Waals surface area contributed by atoms with E-state index in [4.69, 9.17) is 4.98 Å². The van der Waals surface area contributed by atoms with E-state index < -0.39 is 0 Å². The van der Waals surface area contributed by atoms with Crippen LogP contribution < -0.4 is 4.90 Å². The van der Waals surface area contributed by atoms with Crippen LogP contribution in [0.4, 0.5) is 5.82 Å². The fraction of sp³-hybridized carbons (Fsp3) is 0.455. The highest BCUT2D eigenvalue weighted by Gasteiger charge is 2.33. The Morgan fingerprint density at radius 3 is 2.61 bits per heavy atom. The molecule has 1 aliphatic heterocycles. The van der Waals surface area contributed by atoms with Gasteiger partial charge >= 0.3 is 0 Å². The third kappa shape index (κ3) is 2.67. The van der Waals surface area contributed by atoms with Gasteiger partial charge in [-0.2, -0.15) is 5.26 Å². The van der Waals surface area contributed by atoms with Gasteiger partial charge in [-0.25, -0.2) is 4.98 Å². The lowest BCUT2D eigenvalue weighted by atomic mass is 9.81. The van der Waals surface area contributed by atoms with Gasteiger partial charge in [0.2, 0.25) is 0 Å². The molecule has 0 bridgehead atoms. The lowest BCUT2D eigenvalue weighted by molar-refractivity contribution is 0.114. The number of aliphatic hydroxyl groups excluding tert-OH is 1. The topological polar surface area (TPSA) is 64.6 Å². The molecule has 146 valence electrons. The van der Waals surface area contributed by atoms with E-state index in [1.807, 2.05) is 18.2 Å². The highest BCUT2D eigenvalue weighted by Crippen LogP contribution is 2.40. The fourth-order valence-corrected chi connectivity index (χ4v) is 4.81. The first-order chi connectivity index (χ1) is 13.1. The first-order valence-corrected chi connectivity index (χ1v) is 9.86. The maximum Gasteiger partial charge on any atom is 0.157 e. The summed E-state index contributed by atoms with van der Waals surface area (Å²) < 4.78 is 2.22. The maximum absolute atomic E-state index is 9.88. The molecule has 0 amide bonds. The molecular formula is C22H25ClN4O. The van der Waals surface area contributed by atoms with Crippen LogP contribution in [0.5, 0.6) is 0 Å². The van der Waals surface area contributed by atoms with E-state index in [2.05, 4.69) is 28.4 Å². The molecule has 0 saturated carbocycles. The van der Waals surface area contributed by atoms with Gasteiger partial charge in [-0.3, -0.25) is 4.40 Å². The smallest absolute Gasteiger partial charge is 0.157 e. The number of halogens is 1. The first-order valence-electron chi connectivity index (χ1n) is 9.86. The lowest BCUT2D eigenvalue weighted by Crippen LogP contribution is -2.41. The van der Waals surface area contributed by atoms with Crippen molar-refractivity contribution in [1.29, 1.82) is 5.26 Å². The van der Waals surface area contributed by atoms with Crippen LogP contribution in [-0.2, 0) is 12.8 Å². The lowest BCUT2D eigenvalue weighted by Gasteiger charge is -2.40. The Morgan fingerprint density at radius 1 is 1.18 bits per heavy atom. The van der Waals surface area contributed by atoms with Crippen LogP contribution >= 0.6 is 12.4 Å². The van der Waals surface area contributed by atoms with Crippen LogP contribution in [0.1, 0.15) is 42.9 Å². The summed E-state index contributed by atoms with van der Waals surface area (Å²) in [5, 5.41) is 19.6. The average Bonchev–Trinajstić information content (AvgIpc) is 3.32. The molecule has 0 atom stereocenters. The van der Waals surface area contributed by atoms with Crippen molar-refractivity contribution in [3.05, 3.63) is 41.0 Å². The quantitative estimate of drug-likeness (QED) is 0.714. The van der Waals surface area contributed by atoms with Gasteiger partial charge in [0.15, 0.2) is 5.65 Å². The number of aliphatic hydroxyl groups is 1. The van der Waals surface area contributed by atoms with Gasteiger partial charge in [0.25, 0.3) is 0 Å². The van der Waals surface area contributed by atoms with Gasteiger partial charge < -0.3 is 10.0 Å². The van der Waals surface area contributed by atoms with Crippen molar-refractivity contribution >= 4 is 34.9 Å². The number of para-hydroxylation sites is 2. The number of piperidine rings is 1. The molecule has 1 saturated heterocycles. The highest BCUT2D eigenvalue weighted by atomic mass is 35.5. The number of hydrogen-bond donors (Lipinski definition) is 1. The molecular weight excluding hydrogens is 372 g/mol. The van der Waals surface area contributed by atoms with Crippen LogP contribution in [0, 0.1) is 16.7 Å². The predicted octanol–water partition coefficient (Wildman–Crippen LogP) is 3.87. The SMILES string of the molecule is CC1(CO)CCN(c2c3c(c(C#N)c4nc5ccccc5n24)CCC3)CC1.Cl. The van der Waals surface area contributed by atoms with Crippen LogP contribution in [0.2, 0.25) is 0 Å². The molecule has 5 nitrogen and oxygen atoms in total. The molecule has 1 fully saturated rings. The zero-order valence-corrected chi connectivity index (χ0v) is 16.9. The summed E-state index contributed by atoms with van der Waals surface area (Å²) in [7, 11) is 0. The summed E-state index contributed by atoms with van der Waals surface area (Å²) in [6.45, 7) is 4.28. The number of rotatable bonds is 2. The molecule has 2 aromatic heterocycles. The Labute approximate surface area is 171 Å². The normalized spacial score (nSPS) is 18.1. The number of benzene rings is 1. The summed E-state index contributed by atoms with van der Waals surface area (Å²) >= 11 is 0. The second kappa shape index (κ2) is 6.95. The van der Waals surface area contributed by atoms with Crippen LogP contribution in [-0.4, -0.2) is 34.2 Å². The first kappa shape index (κ1) is 19.0. The summed E-state index contributed by atoms with van der Waals surface area (Å²) in [5.74, 6) is 1.23. The Bertz CT molecular complexity index is 1090. The number of aromatic nitrogens is 2. The maximum atomic E-state index is 9.88. The van der Waals surface area contributed by atoms with E-state index in [0.29, 0.717) is 0 Å². The van der Waals surface area contributed by atoms with E-state index in [0.717, 1.165) is 67.4 Å². The van der Waals surface area contributed by atoms with Crippen molar-refractivity contribution in [2.24, 2.45) is 5.41 Å². The molecule has 6 heteroatoms. The van der Waals surface area contributed by atoms with Gasteiger partial charge in [-0.15, -0.1) is 12.4 Å². The monoisotopic (exact) mass is 396 g/mol. The predicted molar refractivity (Wildman–Crippen MR) is 113 cm³/mol. The molecule has 28 heavy (non-hydrogen) atoms. The summed E-state index contributed by atoms with van der Waals surface area (Å²) in [6.07, 6.45) is 5.05. The number of imidazole rings is 1. The summed E-state index contributed by atoms with van der Waals surface area (Å²) in [4.78, 5) is 7.30. The molecule has 0 spiro atoms. The van der Waals surface area contributed by atoms with Gasteiger partial charge in [0, 0.05) is 19.7 Å². The highest BCUT2D eigenvalue weighted by molar-refractivity contribution is 5.86. The number of pyridine rings is 1.